The molecular weight excluding hydrogens is 343 g/mol. The van der Waals surface area contributed by atoms with Crippen LogP contribution in [-0.4, -0.2) is 41.2 Å². The van der Waals surface area contributed by atoms with Crippen molar-refractivity contribution in [2.45, 2.75) is 13.5 Å². The molecule has 1 saturated heterocycles. The van der Waals surface area contributed by atoms with Gasteiger partial charge in [0.25, 0.3) is 0 Å². The monoisotopic (exact) mass is 358 g/mol. The first-order chi connectivity index (χ1) is 8.56. The van der Waals surface area contributed by atoms with Crippen LogP contribution in [0.3, 0.4) is 0 Å². The van der Waals surface area contributed by atoms with Gasteiger partial charge in [0.1, 0.15) is 0 Å². The molecule has 1 heterocycles. The van der Waals surface area contributed by atoms with Crippen molar-refractivity contribution in [3.05, 3.63) is 33.4 Å². The summed E-state index contributed by atoms with van der Waals surface area (Å²) in [4.78, 5) is 26.5. The van der Waals surface area contributed by atoms with E-state index in [9.17, 15) is 9.59 Å². The predicted molar refractivity (Wildman–Crippen MR) is 76.8 cm³/mol. The van der Waals surface area contributed by atoms with Gasteiger partial charge in [-0.15, -0.1) is 0 Å². The molecule has 2 rings (SSSR count). The summed E-state index contributed by atoms with van der Waals surface area (Å²) in [6.07, 6.45) is 0. The zero-order chi connectivity index (χ0) is 13.1. The van der Waals surface area contributed by atoms with Gasteiger partial charge in [0.2, 0.25) is 11.8 Å². The highest BCUT2D eigenvalue weighted by atomic mass is 127. The van der Waals surface area contributed by atoms with Crippen LogP contribution in [0.25, 0.3) is 0 Å². The second-order valence-corrected chi connectivity index (χ2v) is 5.63. The summed E-state index contributed by atoms with van der Waals surface area (Å²) in [5, 5.41) is 0. The van der Waals surface area contributed by atoms with Crippen molar-refractivity contribution in [2.75, 3.05) is 19.6 Å². The molecule has 96 valence electrons. The molecule has 0 aromatic heterocycles. The van der Waals surface area contributed by atoms with E-state index in [0.29, 0.717) is 19.6 Å². The second kappa shape index (κ2) is 5.69. The van der Waals surface area contributed by atoms with E-state index in [1.807, 2.05) is 23.1 Å². The Morgan fingerprint density at radius 2 is 2.17 bits per heavy atom. The van der Waals surface area contributed by atoms with Crippen LogP contribution < -0.4 is 0 Å². The molecule has 1 aromatic rings. The maximum absolute atomic E-state index is 11.9. The topological polar surface area (TPSA) is 40.6 Å². The largest absolute Gasteiger partial charge is 0.335 e. The van der Waals surface area contributed by atoms with E-state index in [-0.39, 0.29) is 18.4 Å². The van der Waals surface area contributed by atoms with Gasteiger partial charge < -0.3 is 9.80 Å². The summed E-state index contributed by atoms with van der Waals surface area (Å²) in [6.45, 7) is 3.58. The van der Waals surface area contributed by atoms with Crippen LogP contribution in [0.15, 0.2) is 24.3 Å². The summed E-state index contributed by atoms with van der Waals surface area (Å²) in [7, 11) is 0. The number of halogens is 1. The molecule has 2 amide bonds. The van der Waals surface area contributed by atoms with Crippen molar-refractivity contribution in [1.29, 1.82) is 0 Å². The first-order valence-electron chi connectivity index (χ1n) is 5.84. The minimum atomic E-state index is -0.0303. The van der Waals surface area contributed by atoms with Crippen LogP contribution in [0.4, 0.5) is 0 Å². The van der Waals surface area contributed by atoms with Crippen LogP contribution >= 0.6 is 22.6 Å². The van der Waals surface area contributed by atoms with Crippen molar-refractivity contribution in [3.8, 4) is 0 Å². The Labute approximate surface area is 120 Å². The smallest absolute Gasteiger partial charge is 0.242 e. The molecule has 0 aliphatic carbocycles. The maximum atomic E-state index is 11.9. The highest BCUT2D eigenvalue weighted by Gasteiger charge is 2.25. The van der Waals surface area contributed by atoms with Crippen LogP contribution in [-0.2, 0) is 16.1 Å². The van der Waals surface area contributed by atoms with Crippen LogP contribution in [0.5, 0.6) is 0 Å². The van der Waals surface area contributed by atoms with Gasteiger partial charge in [0, 0.05) is 30.1 Å². The van der Waals surface area contributed by atoms with Gasteiger partial charge in [-0.1, -0.05) is 12.1 Å². The number of amides is 2. The number of nitrogens with zero attached hydrogens (tertiary/aromatic N) is 2. The minimum absolute atomic E-state index is 0.0234. The lowest BCUT2D eigenvalue weighted by Gasteiger charge is -2.33. The van der Waals surface area contributed by atoms with Gasteiger partial charge in [0.05, 0.1) is 6.54 Å². The Balaban J connectivity index is 1.99. The SMILES string of the molecule is CC(=O)N1CCN(Cc2cccc(I)c2)C(=O)C1. The Bertz CT molecular complexity index is 476. The molecule has 5 heteroatoms. The molecule has 0 unspecified atom stereocenters. The first kappa shape index (κ1) is 13.3. The average molecular weight is 358 g/mol. The third-order valence-electron chi connectivity index (χ3n) is 3.03. The Kier molecular flexibility index (Phi) is 4.21. The van der Waals surface area contributed by atoms with Crippen molar-refractivity contribution >= 4 is 34.4 Å². The van der Waals surface area contributed by atoms with Crippen molar-refractivity contribution in [3.63, 3.8) is 0 Å². The van der Waals surface area contributed by atoms with Gasteiger partial charge in [-0.25, -0.2) is 0 Å². The van der Waals surface area contributed by atoms with Crippen LogP contribution in [0, 0.1) is 3.57 Å². The molecule has 0 N–H and O–H groups in total. The fraction of sp³-hybridized carbons (Fsp3) is 0.385. The molecule has 0 bridgehead atoms. The van der Waals surface area contributed by atoms with Crippen molar-refractivity contribution in [1.82, 2.24) is 9.80 Å². The molecule has 4 nitrogen and oxygen atoms in total. The van der Waals surface area contributed by atoms with E-state index in [1.54, 1.807) is 4.90 Å². The molecule has 0 saturated carbocycles. The van der Waals surface area contributed by atoms with Gasteiger partial charge in [0.15, 0.2) is 0 Å². The second-order valence-electron chi connectivity index (χ2n) is 4.39. The summed E-state index contributed by atoms with van der Waals surface area (Å²) < 4.78 is 1.17. The van der Waals surface area contributed by atoms with Gasteiger partial charge in [-0.05, 0) is 40.3 Å². The third-order valence-corrected chi connectivity index (χ3v) is 3.70. The van der Waals surface area contributed by atoms with Crippen LogP contribution in [0.2, 0.25) is 0 Å². The number of piperazine rings is 1. The quantitative estimate of drug-likeness (QED) is 0.752. The fourth-order valence-electron chi connectivity index (χ4n) is 2.00. The average Bonchev–Trinajstić information content (AvgIpc) is 2.31. The Morgan fingerprint density at radius 1 is 1.39 bits per heavy atom. The molecule has 1 fully saturated rings. The summed E-state index contributed by atoms with van der Waals surface area (Å²) in [5.41, 5.74) is 1.13. The predicted octanol–water partition coefficient (Wildman–Crippen LogP) is 1.48. The number of rotatable bonds is 2. The third kappa shape index (κ3) is 3.22. The highest BCUT2D eigenvalue weighted by molar-refractivity contribution is 14.1. The van der Waals surface area contributed by atoms with E-state index in [1.165, 1.54) is 10.5 Å². The molecule has 0 radical (unpaired) electrons. The fourth-order valence-corrected chi connectivity index (χ4v) is 2.61. The maximum Gasteiger partial charge on any atom is 0.242 e. The zero-order valence-corrected chi connectivity index (χ0v) is 12.4. The Hall–Kier alpha value is -1.11. The number of hydrogen-bond donors (Lipinski definition) is 0. The number of benzene rings is 1. The van der Waals surface area contributed by atoms with E-state index in [4.69, 9.17) is 0 Å². The number of carbonyl (C=O) groups is 2. The van der Waals surface area contributed by atoms with Gasteiger partial charge in [-0.3, -0.25) is 9.59 Å². The van der Waals surface area contributed by atoms with Crippen molar-refractivity contribution < 1.29 is 9.59 Å². The molecule has 1 aromatic carbocycles. The lowest BCUT2D eigenvalue weighted by molar-refractivity contribution is -0.144. The molecule has 1 aliphatic heterocycles. The lowest BCUT2D eigenvalue weighted by atomic mass is 10.2. The molecule has 1 aliphatic rings. The van der Waals surface area contributed by atoms with Crippen LogP contribution in [0.1, 0.15) is 12.5 Å². The summed E-state index contributed by atoms with van der Waals surface area (Å²) >= 11 is 2.26. The highest BCUT2D eigenvalue weighted by Crippen LogP contribution is 2.12. The normalized spacial score (nSPS) is 16.0. The Morgan fingerprint density at radius 3 is 2.78 bits per heavy atom. The molecule has 18 heavy (non-hydrogen) atoms. The number of carbonyl (C=O) groups excluding carboxylic acids is 2. The molecule has 0 spiro atoms. The van der Waals surface area contributed by atoms with Gasteiger partial charge in [-0.2, -0.15) is 0 Å². The molecule has 0 atom stereocenters. The van der Waals surface area contributed by atoms with Gasteiger partial charge >= 0.3 is 0 Å². The van der Waals surface area contributed by atoms with E-state index >= 15 is 0 Å². The summed E-state index contributed by atoms with van der Waals surface area (Å²) in [6, 6.07) is 8.12. The van der Waals surface area contributed by atoms with E-state index < -0.39 is 0 Å². The van der Waals surface area contributed by atoms with E-state index in [2.05, 4.69) is 28.7 Å². The standard InChI is InChI=1S/C13H15IN2O2/c1-10(17)15-5-6-16(13(18)9-15)8-11-3-2-4-12(14)7-11/h2-4,7H,5-6,8-9H2,1H3. The number of hydrogen-bond acceptors (Lipinski definition) is 2. The van der Waals surface area contributed by atoms with E-state index in [0.717, 1.165) is 5.56 Å². The first-order valence-corrected chi connectivity index (χ1v) is 6.92. The lowest BCUT2D eigenvalue weighted by Crippen LogP contribution is -2.51. The summed E-state index contributed by atoms with van der Waals surface area (Å²) in [5.74, 6) is -0.00688. The molecular formula is C13H15IN2O2. The zero-order valence-electron chi connectivity index (χ0n) is 10.2. The van der Waals surface area contributed by atoms with Crippen molar-refractivity contribution in [2.24, 2.45) is 0 Å². The minimum Gasteiger partial charge on any atom is -0.335 e.